The summed E-state index contributed by atoms with van der Waals surface area (Å²) in [5.41, 5.74) is 1.28. The van der Waals surface area contributed by atoms with Crippen molar-refractivity contribution in [1.29, 1.82) is 0 Å². The average molecular weight is 281 g/mol. The van der Waals surface area contributed by atoms with Crippen LogP contribution in [0.5, 0.6) is 5.75 Å². The Morgan fingerprint density at radius 1 is 1.20 bits per heavy atom. The van der Waals surface area contributed by atoms with Crippen molar-refractivity contribution < 1.29 is 14.6 Å². The second-order valence-electron chi connectivity index (χ2n) is 5.12. The summed E-state index contributed by atoms with van der Waals surface area (Å²) in [5, 5.41) is 13.0. The lowest BCUT2D eigenvalue weighted by Gasteiger charge is -2.14. The maximum atomic E-state index is 9.51. The molecule has 0 spiro atoms. The van der Waals surface area contributed by atoms with E-state index >= 15 is 0 Å². The average Bonchev–Trinajstić information content (AvgIpc) is 2.45. The van der Waals surface area contributed by atoms with Crippen molar-refractivity contribution in [2.75, 3.05) is 26.9 Å². The third-order valence-corrected chi connectivity index (χ3v) is 3.01. The fourth-order valence-electron chi connectivity index (χ4n) is 1.97. The predicted molar refractivity (Wildman–Crippen MR) is 81.3 cm³/mol. The highest BCUT2D eigenvalue weighted by molar-refractivity contribution is 5.27. The highest BCUT2D eigenvalue weighted by Gasteiger charge is 2.05. The minimum Gasteiger partial charge on any atom is -0.491 e. The highest BCUT2D eigenvalue weighted by atomic mass is 16.5. The molecule has 2 N–H and O–H groups in total. The molecule has 0 bridgehead atoms. The van der Waals surface area contributed by atoms with Gasteiger partial charge >= 0.3 is 0 Å². The van der Waals surface area contributed by atoms with E-state index in [4.69, 9.17) is 9.47 Å². The molecule has 0 aliphatic heterocycles. The van der Waals surface area contributed by atoms with E-state index in [1.54, 1.807) is 7.11 Å². The molecule has 1 aromatic rings. The molecule has 0 aliphatic rings. The van der Waals surface area contributed by atoms with Gasteiger partial charge in [-0.3, -0.25) is 0 Å². The van der Waals surface area contributed by atoms with E-state index in [-0.39, 0.29) is 6.61 Å². The van der Waals surface area contributed by atoms with E-state index < -0.39 is 6.10 Å². The van der Waals surface area contributed by atoms with Crippen molar-refractivity contribution in [1.82, 2.24) is 5.32 Å². The quantitative estimate of drug-likeness (QED) is 0.689. The molecule has 0 saturated carbocycles. The first-order valence-corrected chi connectivity index (χ1v) is 7.27. The van der Waals surface area contributed by atoms with Gasteiger partial charge in [-0.2, -0.15) is 0 Å². The Balaban J connectivity index is 2.36. The van der Waals surface area contributed by atoms with Crippen molar-refractivity contribution in [2.24, 2.45) is 0 Å². The first-order valence-electron chi connectivity index (χ1n) is 7.27. The van der Waals surface area contributed by atoms with Crippen LogP contribution in [0.25, 0.3) is 0 Å². The van der Waals surface area contributed by atoms with Crippen LogP contribution in [0, 0.1) is 0 Å². The molecule has 20 heavy (non-hydrogen) atoms. The van der Waals surface area contributed by atoms with Gasteiger partial charge in [0.1, 0.15) is 18.5 Å². The van der Waals surface area contributed by atoms with Crippen LogP contribution < -0.4 is 10.1 Å². The number of rotatable bonds is 10. The summed E-state index contributed by atoms with van der Waals surface area (Å²) in [6.07, 6.45) is 1.57. The fraction of sp³-hybridized carbons (Fsp3) is 0.625. The number of aliphatic hydroxyl groups is 1. The van der Waals surface area contributed by atoms with Gasteiger partial charge in [0.05, 0.1) is 6.61 Å². The third kappa shape index (κ3) is 6.89. The van der Waals surface area contributed by atoms with Crippen molar-refractivity contribution in [3.05, 3.63) is 29.8 Å². The zero-order chi connectivity index (χ0) is 14.8. The molecule has 2 atom stereocenters. The lowest BCUT2D eigenvalue weighted by Crippen LogP contribution is -2.28. The lowest BCUT2D eigenvalue weighted by molar-refractivity contribution is 0.0325. The summed E-state index contributed by atoms with van der Waals surface area (Å²) in [6, 6.07) is 8.51. The van der Waals surface area contributed by atoms with Crippen LogP contribution in [0.15, 0.2) is 24.3 Å². The van der Waals surface area contributed by atoms with Crippen LogP contribution in [0.1, 0.15) is 25.8 Å². The van der Waals surface area contributed by atoms with Crippen molar-refractivity contribution >= 4 is 0 Å². The predicted octanol–water partition coefficient (Wildman–Crippen LogP) is 2.00. The number of hydrogen-bond acceptors (Lipinski definition) is 4. The highest BCUT2D eigenvalue weighted by Crippen LogP contribution is 2.13. The Hall–Kier alpha value is -1.10. The van der Waals surface area contributed by atoms with Crippen LogP contribution in [0.4, 0.5) is 0 Å². The van der Waals surface area contributed by atoms with Crippen molar-refractivity contribution in [2.45, 2.75) is 38.8 Å². The Bertz CT molecular complexity index is 353. The van der Waals surface area contributed by atoms with Gasteiger partial charge < -0.3 is 19.9 Å². The fourth-order valence-corrected chi connectivity index (χ4v) is 1.97. The van der Waals surface area contributed by atoms with E-state index in [0.717, 1.165) is 25.1 Å². The number of ether oxygens (including phenoxy) is 2. The minimum absolute atomic E-state index is 0.252. The summed E-state index contributed by atoms with van der Waals surface area (Å²) >= 11 is 0. The Labute approximate surface area is 122 Å². The molecule has 0 aliphatic carbocycles. The second-order valence-corrected chi connectivity index (χ2v) is 5.12. The van der Waals surface area contributed by atoms with Gasteiger partial charge in [-0.1, -0.05) is 19.1 Å². The van der Waals surface area contributed by atoms with Gasteiger partial charge in [0.15, 0.2) is 0 Å². The SMILES string of the molecule is CCCNC(C)Cc1ccc(OCC(O)COC)cc1. The van der Waals surface area contributed by atoms with E-state index in [0.29, 0.717) is 12.6 Å². The van der Waals surface area contributed by atoms with E-state index in [2.05, 4.69) is 31.3 Å². The summed E-state index contributed by atoms with van der Waals surface area (Å²) in [5.74, 6) is 0.776. The molecule has 0 radical (unpaired) electrons. The number of hydrogen-bond donors (Lipinski definition) is 2. The molecule has 0 aromatic heterocycles. The number of methoxy groups -OCH3 is 1. The molecule has 0 fully saturated rings. The molecular weight excluding hydrogens is 254 g/mol. The molecular formula is C16H27NO3. The van der Waals surface area contributed by atoms with Crippen LogP contribution in [0.3, 0.4) is 0 Å². The molecule has 2 unspecified atom stereocenters. The first-order chi connectivity index (χ1) is 9.65. The number of benzene rings is 1. The third-order valence-electron chi connectivity index (χ3n) is 3.01. The minimum atomic E-state index is -0.585. The van der Waals surface area contributed by atoms with Gasteiger partial charge in [-0.15, -0.1) is 0 Å². The molecule has 0 heterocycles. The molecule has 114 valence electrons. The Kier molecular flexibility index (Phi) is 8.26. The normalized spacial score (nSPS) is 14.0. The van der Waals surface area contributed by atoms with Gasteiger partial charge in [-0.05, 0) is 44.0 Å². The Morgan fingerprint density at radius 3 is 2.50 bits per heavy atom. The zero-order valence-electron chi connectivity index (χ0n) is 12.8. The van der Waals surface area contributed by atoms with Crippen LogP contribution in [0.2, 0.25) is 0 Å². The first kappa shape index (κ1) is 17.0. The molecule has 1 aromatic carbocycles. The van der Waals surface area contributed by atoms with Crippen LogP contribution in [-0.4, -0.2) is 44.1 Å². The summed E-state index contributed by atoms with van der Waals surface area (Å²) in [7, 11) is 1.56. The van der Waals surface area contributed by atoms with E-state index in [9.17, 15) is 5.11 Å². The molecule has 4 heteroatoms. The second kappa shape index (κ2) is 9.75. The zero-order valence-corrected chi connectivity index (χ0v) is 12.8. The van der Waals surface area contributed by atoms with Gasteiger partial charge in [-0.25, -0.2) is 0 Å². The van der Waals surface area contributed by atoms with Gasteiger partial charge in [0, 0.05) is 13.2 Å². The van der Waals surface area contributed by atoms with Crippen LogP contribution in [-0.2, 0) is 11.2 Å². The largest absolute Gasteiger partial charge is 0.491 e. The maximum Gasteiger partial charge on any atom is 0.119 e. The van der Waals surface area contributed by atoms with Gasteiger partial charge in [0.25, 0.3) is 0 Å². The monoisotopic (exact) mass is 281 g/mol. The smallest absolute Gasteiger partial charge is 0.119 e. The Morgan fingerprint density at radius 2 is 1.90 bits per heavy atom. The standard InChI is InChI=1S/C16H27NO3/c1-4-9-17-13(2)10-14-5-7-16(8-6-14)20-12-15(18)11-19-3/h5-8,13,15,17-18H,4,9-12H2,1-3H3. The number of aliphatic hydroxyl groups excluding tert-OH is 1. The van der Waals surface area contributed by atoms with E-state index in [1.807, 2.05) is 12.1 Å². The molecule has 0 saturated heterocycles. The summed E-state index contributed by atoms with van der Waals surface area (Å²) in [6.45, 7) is 5.96. The summed E-state index contributed by atoms with van der Waals surface area (Å²) < 4.78 is 10.3. The van der Waals surface area contributed by atoms with E-state index in [1.165, 1.54) is 5.56 Å². The molecule has 4 nitrogen and oxygen atoms in total. The van der Waals surface area contributed by atoms with Crippen LogP contribution >= 0.6 is 0 Å². The van der Waals surface area contributed by atoms with Crippen molar-refractivity contribution in [3.63, 3.8) is 0 Å². The summed E-state index contributed by atoms with van der Waals surface area (Å²) in [4.78, 5) is 0. The van der Waals surface area contributed by atoms with Crippen molar-refractivity contribution in [3.8, 4) is 5.75 Å². The molecule has 0 amide bonds. The molecule has 1 rings (SSSR count). The maximum absolute atomic E-state index is 9.51. The topological polar surface area (TPSA) is 50.7 Å². The lowest BCUT2D eigenvalue weighted by atomic mass is 10.1. The van der Waals surface area contributed by atoms with Gasteiger partial charge in [0.2, 0.25) is 0 Å². The number of nitrogens with one attached hydrogen (secondary N) is 1.